The fourth-order valence-electron chi connectivity index (χ4n) is 2.84. The van der Waals surface area contributed by atoms with Crippen LogP contribution in [-0.4, -0.2) is 49.0 Å². The van der Waals surface area contributed by atoms with Crippen LogP contribution in [0.1, 0.15) is 32.1 Å². The van der Waals surface area contributed by atoms with Gasteiger partial charge in [0.15, 0.2) is 0 Å². The second-order valence-electron chi connectivity index (χ2n) is 4.89. The Balaban J connectivity index is 1.80. The minimum Gasteiger partial charge on any atom is -0.396 e. The minimum absolute atomic E-state index is 0.336. The number of ether oxygens (including phenoxy) is 1. The molecule has 3 heteroatoms. The highest BCUT2D eigenvalue weighted by Gasteiger charge is 2.26. The van der Waals surface area contributed by atoms with Crippen molar-refractivity contribution in [3.05, 3.63) is 0 Å². The van der Waals surface area contributed by atoms with E-state index in [0.717, 1.165) is 25.6 Å². The molecule has 0 amide bonds. The minimum atomic E-state index is 0.336. The Bertz CT molecular complexity index is 178. The average molecular weight is 213 g/mol. The molecule has 0 aromatic carbocycles. The fourth-order valence-corrected chi connectivity index (χ4v) is 2.84. The second kappa shape index (κ2) is 5.83. The second-order valence-corrected chi connectivity index (χ2v) is 4.89. The van der Waals surface area contributed by atoms with Crippen molar-refractivity contribution in [2.45, 2.75) is 38.1 Å². The first-order valence-corrected chi connectivity index (χ1v) is 6.33. The highest BCUT2D eigenvalue weighted by Crippen LogP contribution is 2.23. The van der Waals surface area contributed by atoms with Crippen LogP contribution in [0.25, 0.3) is 0 Å². The average Bonchev–Trinajstić information content (AvgIpc) is 2.74. The van der Waals surface area contributed by atoms with Crippen LogP contribution in [0.4, 0.5) is 0 Å². The quantitative estimate of drug-likeness (QED) is 0.763. The van der Waals surface area contributed by atoms with E-state index in [9.17, 15) is 0 Å². The van der Waals surface area contributed by atoms with E-state index in [0.29, 0.717) is 12.6 Å². The third-order valence-corrected chi connectivity index (χ3v) is 3.73. The molecule has 15 heavy (non-hydrogen) atoms. The maximum Gasteiger partial charge on any atom is 0.0507 e. The Morgan fingerprint density at radius 1 is 1.27 bits per heavy atom. The molecule has 0 spiro atoms. The molecule has 1 N–H and O–H groups in total. The zero-order chi connectivity index (χ0) is 10.5. The third-order valence-electron chi connectivity index (χ3n) is 3.73. The fraction of sp³-hybridized carbons (Fsp3) is 1.00. The zero-order valence-electron chi connectivity index (χ0n) is 9.53. The molecule has 2 saturated heterocycles. The Kier molecular flexibility index (Phi) is 4.42. The SMILES string of the molecule is OCCC1CCCCN1CC1CCOC1. The molecule has 0 aliphatic carbocycles. The Labute approximate surface area is 92.4 Å². The van der Waals surface area contributed by atoms with E-state index in [4.69, 9.17) is 9.84 Å². The molecule has 0 radical (unpaired) electrons. The number of hydrogen-bond acceptors (Lipinski definition) is 3. The van der Waals surface area contributed by atoms with Gasteiger partial charge in [0.1, 0.15) is 0 Å². The lowest BCUT2D eigenvalue weighted by atomic mass is 9.97. The summed E-state index contributed by atoms with van der Waals surface area (Å²) in [4.78, 5) is 2.58. The van der Waals surface area contributed by atoms with Crippen LogP contribution in [0.5, 0.6) is 0 Å². The van der Waals surface area contributed by atoms with Gasteiger partial charge in [-0.2, -0.15) is 0 Å². The lowest BCUT2D eigenvalue weighted by Crippen LogP contribution is -2.42. The van der Waals surface area contributed by atoms with Crippen molar-refractivity contribution < 1.29 is 9.84 Å². The predicted octanol–water partition coefficient (Wildman–Crippen LogP) is 1.26. The first kappa shape index (κ1) is 11.4. The topological polar surface area (TPSA) is 32.7 Å². The van der Waals surface area contributed by atoms with Crippen molar-refractivity contribution in [3.63, 3.8) is 0 Å². The molecule has 2 heterocycles. The van der Waals surface area contributed by atoms with Crippen molar-refractivity contribution in [1.82, 2.24) is 4.90 Å². The molecular weight excluding hydrogens is 190 g/mol. The van der Waals surface area contributed by atoms with Gasteiger partial charge in [0, 0.05) is 25.8 Å². The Morgan fingerprint density at radius 3 is 2.93 bits per heavy atom. The van der Waals surface area contributed by atoms with Crippen molar-refractivity contribution in [3.8, 4) is 0 Å². The lowest BCUT2D eigenvalue weighted by Gasteiger charge is -2.36. The van der Waals surface area contributed by atoms with Crippen LogP contribution in [0, 0.1) is 5.92 Å². The van der Waals surface area contributed by atoms with Gasteiger partial charge in [-0.05, 0) is 38.1 Å². The van der Waals surface area contributed by atoms with E-state index in [2.05, 4.69) is 4.90 Å². The summed E-state index contributed by atoms with van der Waals surface area (Å²) in [6.45, 7) is 4.64. The molecule has 2 rings (SSSR count). The normalized spacial score (nSPS) is 33.4. The summed E-state index contributed by atoms with van der Waals surface area (Å²) in [6.07, 6.45) is 6.11. The van der Waals surface area contributed by atoms with Gasteiger partial charge in [-0.25, -0.2) is 0 Å². The van der Waals surface area contributed by atoms with Gasteiger partial charge < -0.3 is 9.84 Å². The number of aliphatic hydroxyl groups is 1. The highest BCUT2D eigenvalue weighted by molar-refractivity contribution is 4.79. The largest absolute Gasteiger partial charge is 0.396 e. The summed E-state index contributed by atoms with van der Waals surface area (Å²) in [5.74, 6) is 0.740. The molecule has 0 bridgehead atoms. The maximum absolute atomic E-state index is 9.05. The number of likely N-dealkylation sites (tertiary alicyclic amines) is 1. The van der Waals surface area contributed by atoms with Crippen molar-refractivity contribution >= 4 is 0 Å². The van der Waals surface area contributed by atoms with Crippen molar-refractivity contribution in [2.24, 2.45) is 5.92 Å². The molecular formula is C12H23NO2. The van der Waals surface area contributed by atoms with Gasteiger partial charge in [-0.15, -0.1) is 0 Å². The molecule has 0 aromatic rings. The van der Waals surface area contributed by atoms with Gasteiger partial charge >= 0.3 is 0 Å². The molecule has 0 aromatic heterocycles. The van der Waals surface area contributed by atoms with E-state index in [1.807, 2.05) is 0 Å². The molecule has 3 nitrogen and oxygen atoms in total. The lowest BCUT2D eigenvalue weighted by molar-refractivity contribution is 0.0953. The summed E-state index contributed by atoms with van der Waals surface area (Å²) in [6, 6.07) is 0.629. The van der Waals surface area contributed by atoms with Crippen molar-refractivity contribution in [2.75, 3.05) is 32.9 Å². The van der Waals surface area contributed by atoms with E-state index >= 15 is 0 Å². The van der Waals surface area contributed by atoms with Crippen LogP contribution in [-0.2, 0) is 4.74 Å². The summed E-state index contributed by atoms with van der Waals surface area (Å²) in [5, 5.41) is 9.05. The Hall–Kier alpha value is -0.120. The first-order chi connectivity index (χ1) is 7.40. The van der Waals surface area contributed by atoms with Crippen LogP contribution in [0.2, 0.25) is 0 Å². The number of hydrogen-bond donors (Lipinski definition) is 1. The van der Waals surface area contributed by atoms with Crippen molar-refractivity contribution in [1.29, 1.82) is 0 Å². The first-order valence-electron chi connectivity index (χ1n) is 6.33. The van der Waals surface area contributed by atoms with E-state index in [1.54, 1.807) is 0 Å². The van der Waals surface area contributed by atoms with Gasteiger partial charge in [0.25, 0.3) is 0 Å². The highest BCUT2D eigenvalue weighted by atomic mass is 16.5. The number of nitrogens with zero attached hydrogens (tertiary/aromatic N) is 1. The summed E-state index contributed by atoms with van der Waals surface area (Å²) in [5.41, 5.74) is 0. The third kappa shape index (κ3) is 3.16. The molecule has 2 fully saturated rings. The van der Waals surface area contributed by atoms with Crippen LogP contribution < -0.4 is 0 Å². The van der Waals surface area contributed by atoms with Crippen LogP contribution in [0.15, 0.2) is 0 Å². The van der Waals surface area contributed by atoms with E-state index in [1.165, 1.54) is 38.8 Å². The smallest absolute Gasteiger partial charge is 0.0507 e. The Morgan fingerprint density at radius 2 is 2.20 bits per heavy atom. The molecule has 2 aliphatic heterocycles. The summed E-state index contributed by atoms with van der Waals surface area (Å²) < 4.78 is 5.42. The maximum atomic E-state index is 9.05. The number of aliphatic hydroxyl groups excluding tert-OH is 1. The van der Waals surface area contributed by atoms with Gasteiger partial charge in [-0.1, -0.05) is 6.42 Å². The van der Waals surface area contributed by atoms with E-state index in [-0.39, 0.29) is 0 Å². The predicted molar refractivity (Wildman–Crippen MR) is 59.8 cm³/mol. The van der Waals surface area contributed by atoms with E-state index < -0.39 is 0 Å². The molecule has 2 atom stereocenters. The van der Waals surface area contributed by atoms with Crippen LogP contribution >= 0.6 is 0 Å². The summed E-state index contributed by atoms with van der Waals surface area (Å²) >= 11 is 0. The molecule has 88 valence electrons. The molecule has 2 unspecified atom stereocenters. The standard InChI is InChI=1S/C12H23NO2/c14-7-4-12-3-1-2-6-13(12)9-11-5-8-15-10-11/h11-12,14H,1-10H2. The molecule has 2 aliphatic rings. The number of piperidine rings is 1. The van der Waals surface area contributed by atoms with Gasteiger partial charge in [-0.3, -0.25) is 4.90 Å². The van der Waals surface area contributed by atoms with Gasteiger partial charge in [0.2, 0.25) is 0 Å². The monoisotopic (exact) mass is 213 g/mol. The van der Waals surface area contributed by atoms with Crippen LogP contribution in [0.3, 0.4) is 0 Å². The zero-order valence-corrected chi connectivity index (χ0v) is 9.53. The summed E-state index contributed by atoms with van der Waals surface area (Å²) in [7, 11) is 0. The van der Waals surface area contributed by atoms with Gasteiger partial charge in [0.05, 0.1) is 6.61 Å². The molecule has 0 saturated carbocycles. The number of rotatable bonds is 4.